The van der Waals surface area contributed by atoms with E-state index in [1.165, 1.54) is 13.8 Å². The second-order valence-electron chi connectivity index (χ2n) is 2.63. The molecule has 0 heterocycles. The third kappa shape index (κ3) is 4.66. The number of nitrogens with one attached hydrogen (secondary N) is 1. The maximum atomic E-state index is 11.9. The molecule has 0 radical (unpaired) electrons. The molecule has 0 unspecified atom stereocenters. The first kappa shape index (κ1) is 9.80. The minimum atomic E-state index is -4.62. The second-order valence-corrected chi connectivity index (χ2v) is 3.71. The molecule has 0 rings (SSSR count). The molecule has 0 atom stereocenters. The second kappa shape index (κ2) is 2.81. The lowest BCUT2D eigenvalue weighted by Gasteiger charge is -2.20. The van der Waals surface area contributed by atoms with Crippen LogP contribution in [-0.2, 0) is 10.4 Å². The molecule has 0 aromatic rings. The maximum Gasteiger partial charge on any atom is 0.372 e. The molecule has 0 aromatic carbocycles. The predicted molar refractivity (Wildman–Crippen MR) is 36.3 cm³/mol. The highest BCUT2D eigenvalue weighted by atomic mass is 32.3. The Labute approximate surface area is 59.9 Å². The number of rotatable bonds is 3. The van der Waals surface area contributed by atoms with Gasteiger partial charge < -0.3 is 5.73 Å². The van der Waals surface area contributed by atoms with Crippen LogP contribution in [0.3, 0.4) is 0 Å². The number of halogens is 1. The summed E-state index contributed by atoms with van der Waals surface area (Å²) in [7, 11) is -4.62. The van der Waals surface area contributed by atoms with Crippen molar-refractivity contribution < 1.29 is 12.3 Å². The van der Waals surface area contributed by atoms with Crippen LogP contribution in [0.5, 0.6) is 0 Å². The summed E-state index contributed by atoms with van der Waals surface area (Å²) in [6.07, 6.45) is 0. The third-order valence-corrected chi connectivity index (χ3v) is 1.70. The standard InChI is InChI=1S/C4H11FN2O2S/c1-4(2,3-6)7-10(5,8)9/h7H,3,6H2,1-2H3. The van der Waals surface area contributed by atoms with Gasteiger partial charge in [0.15, 0.2) is 0 Å². The molecule has 0 saturated carbocycles. The normalized spacial score (nSPS) is 13.6. The van der Waals surface area contributed by atoms with Gasteiger partial charge in [0.1, 0.15) is 0 Å². The molecule has 0 aliphatic carbocycles. The fourth-order valence-corrected chi connectivity index (χ4v) is 1.12. The summed E-state index contributed by atoms with van der Waals surface area (Å²) in [6, 6.07) is 0. The molecule has 3 N–H and O–H groups in total. The molecule has 6 heteroatoms. The van der Waals surface area contributed by atoms with Gasteiger partial charge in [0.25, 0.3) is 0 Å². The van der Waals surface area contributed by atoms with E-state index in [1.807, 2.05) is 0 Å². The Bertz CT molecular complexity index is 199. The fraction of sp³-hybridized carbons (Fsp3) is 1.00. The molecule has 0 saturated heterocycles. The van der Waals surface area contributed by atoms with Crippen LogP contribution in [0.1, 0.15) is 13.8 Å². The van der Waals surface area contributed by atoms with E-state index in [0.29, 0.717) is 0 Å². The lowest BCUT2D eigenvalue weighted by Crippen LogP contribution is -2.47. The Morgan fingerprint density at radius 1 is 1.60 bits per heavy atom. The topological polar surface area (TPSA) is 72.2 Å². The molecule has 0 aliphatic rings. The maximum absolute atomic E-state index is 11.9. The van der Waals surface area contributed by atoms with E-state index < -0.39 is 15.9 Å². The highest BCUT2D eigenvalue weighted by Crippen LogP contribution is 2.01. The summed E-state index contributed by atoms with van der Waals surface area (Å²) >= 11 is 0. The van der Waals surface area contributed by atoms with Crippen LogP contribution in [0.4, 0.5) is 3.89 Å². The van der Waals surface area contributed by atoms with E-state index in [0.717, 1.165) is 0 Å². The van der Waals surface area contributed by atoms with Crippen molar-refractivity contribution in [1.29, 1.82) is 0 Å². The van der Waals surface area contributed by atoms with Crippen molar-refractivity contribution in [2.45, 2.75) is 19.4 Å². The fourth-order valence-electron chi connectivity index (χ4n) is 0.372. The third-order valence-electron chi connectivity index (χ3n) is 0.909. The quantitative estimate of drug-likeness (QED) is 0.562. The largest absolute Gasteiger partial charge is 0.372 e. The number of hydrogen-bond acceptors (Lipinski definition) is 3. The molecular formula is C4H11FN2O2S. The highest BCUT2D eigenvalue weighted by molar-refractivity contribution is 7.84. The summed E-state index contributed by atoms with van der Waals surface area (Å²) in [4.78, 5) is 0. The van der Waals surface area contributed by atoms with Crippen LogP contribution in [0.15, 0.2) is 0 Å². The lowest BCUT2D eigenvalue weighted by atomic mass is 10.1. The van der Waals surface area contributed by atoms with Crippen molar-refractivity contribution in [3.63, 3.8) is 0 Å². The monoisotopic (exact) mass is 170 g/mol. The van der Waals surface area contributed by atoms with Gasteiger partial charge in [-0.05, 0) is 13.8 Å². The van der Waals surface area contributed by atoms with Gasteiger partial charge in [0, 0.05) is 12.1 Å². The Balaban J connectivity index is 4.16. The Morgan fingerprint density at radius 3 is 2.10 bits per heavy atom. The minimum Gasteiger partial charge on any atom is -0.329 e. The van der Waals surface area contributed by atoms with Crippen LogP contribution < -0.4 is 10.5 Å². The van der Waals surface area contributed by atoms with Crippen molar-refractivity contribution in [3.05, 3.63) is 0 Å². The van der Waals surface area contributed by atoms with Gasteiger partial charge in [0.2, 0.25) is 0 Å². The molecule has 0 fully saturated rings. The summed E-state index contributed by atoms with van der Waals surface area (Å²) in [5.74, 6) is 0. The van der Waals surface area contributed by atoms with Gasteiger partial charge in [-0.3, -0.25) is 0 Å². The SMILES string of the molecule is CC(C)(CN)NS(=O)(=O)F. The van der Waals surface area contributed by atoms with Gasteiger partial charge in [-0.25, -0.2) is 0 Å². The molecule has 0 spiro atoms. The first-order chi connectivity index (χ1) is 4.27. The van der Waals surface area contributed by atoms with Gasteiger partial charge in [-0.15, -0.1) is 0 Å². The van der Waals surface area contributed by atoms with Crippen LogP contribution >= 0.6 is 0 Å². The average Bonchev–Trinajstić information content (AvgIpc) is 1.60. The Hall–Kier alpha value is -0.200. The van der Waals surface area contributed by atoms with Gasteiger partial charge in [-0.1, -0.05) is 3.89 Å². The van der Waals surface area contributed by atoms with E-state index in [4.69, 9.17) is 5.73 Å². The van der Waals surface area contributed by atoms with Gasteiger partial charge in [0.05, 0.1) is 0 Å². The number of nitrogens with two attached hydrogens (primary N) is 1. The molecule has 0 bridgehead atoms. The Morgan fingerprint density at radius 2 is 2.00 bits per heavy atom. The molecule has 0 aliphatic heterocycles. The summed E-state index contributed by atoms with van der Waals surface area (Å²) in [5, 5.41) is 0. The van der Waals surface area contributed by atoms with Crippen molar-refractivity contribution in [1.82, 2.24) is 4.72 Å². The minimum absolute atomic E-state index is 0.0517. The first-order valence-electron chi connectivity index (χ1n) is 2.70. The smallest absolute Gasteiger partial charge is 0.329 e. The average molecular weight is 170 g/mol. The van der Waals surface area contributed by atoms with E-state index in [9.17, 15) is 12.3 Å². The van der Waals surface area contributed by atoms with E-state index in [2.05, 4.69) is 0 Å². The van der Waals surface area contributed by atoms with Crippen molar-refractivity contribution >= 4 is 10.4 Å². The van der Waals surface area contributed by atoms with Crippen molar-refractivity contribution in [2.24, 2.45) is 5.73 Å². The zero-order valence-electron chi connectivity index (χ0n) is 5.89. The molecule has 0 aromatic heterocycles. The molecule has 62 valence electrons. The molecule has 10 heavy (non-hydrogen) atoms. The van der Waals surface area contributed by atoms with Crippen LogP contribution in [0, 0.1) is 0 Å². The van der Waals surface area contributed by atoms with E-state index >= 15 is 0 Å². The summed E-state index contributed by atoms with van der Waals surface area (Å²) in [6.45, 7) is 3.03. The van der Waals surface area contributed by atoms with Crippen LogP contribution in [0.2, 0.25) is 0 Å². The van der Waals surface area contributed by atoms with Crippen molar-refractivity contribution in [2.75, 3.05) is 6.54 Å². The number of hydrogen-bond donors (Lipinski definition) is 2. The zero-order valence-corrected chi connectivity index (χ0v) is 6.70. The Kier molecular flexibility index (Phi) is 2.76. The van der Waals surface area contributed by atoms with E-state index in [-0.39, 0.29) is 6.54 Å². The molecule has 0 amide bonds. The van der Waals surface area contributed by atoms with Gasteiger partial charge >= 0.3 is 10.4 Å². The molecule has 4 nitrogen and oxygen atoms in total. The zero-order chi connectivity index (χ0) is 8.41. The highest BCUT2D eigenvalue weighted by Gasteiger charge is 2.21. The van der Waals surface area contributed by atoms with Crippen LogP contribution in [0.25, 0.3) is 0 Å². The van der Waals surface area contributed by atoms with E-state index in [1.54, 1.807) is 4.72 Å². The summed E-state index contributed by atoms with van der Waals surface area (Å²) < 4.78 is 33.5. The van der Waals surface area contributed by atoms with Crippen LogP contribution in [-0.4, -0.2) is 20.5 Å². The summed E-state index contributed by atoms with van der Waals surface area (Å²) in [5.41, 5.74) is 4.21. The molecular weight excluding hydrogens is 159 g/mol. The van der Waals surface area contributed by atoms with Crippen molar-refractivity contribution in [3.8, 4) is 0 Å². The lowest BCUT2D eigenvalue weighted by molar-refractivity contribution is 0.443. The first-order valence-corrected chi connectivity index (χ1v) is 4.09. The predicted octanol–water partition coefficient (Wildman–Crippen LogP) is -0.472. The van der Waals surface area contributed by atoms with Gasteiger partial charge in [-0.2, -0.15) is 13.1 Å².